The first kappa shape index (κ1) is 30.3. The molecule has 0 aromatic heterocycles. The van der Waals surface area contributed by atoms with E-state index < -0.39 is 14.1 Å². The van der Waals surface area contributed by atoms with Gasteiger partial charge in [-0.05, 0) is 44.9 Å². The van der Waals surface area contributed by atoms with Crippen LogP contribution in [0.4, 0.5) is 0 Å². The molecule has 1 aliphatic heterocycles. The highest BCUT2D eigenvalue weighted by Gasteiger charge is 2.36. The Labute approximate surface area is 202 Å². The highest BCUT2D eigenvalue weighted by Crippen LogP contribution is 2.46. The third kappa shape index (κ3) is 15.7. The molecule has 33 heavy (non-hydrogen) atoms. The van der Waals surface area contributed by atoms with Crippen molar-refractivity contribution < 1.29 is 27.8 Å². The number of phosphoric acid groups is 1. The molecule has 7 nitrogen and oxygen atoms in total. The minimum absolute atomic E-state index is 0.00913. The molecule has 1 unspecified atom stereocenters. The number of allylic oxidation sites excluding steroid dienone is 2. The molecule has 0 saturated carbocycles. The van der Waals surface area contributed by atoms with Gasteiger partial charge < -0.3 is 14.3 Å². The lowest BCUT2D eigenvalue weighted by molar-refractivity contribution is -0.870. The van der Waals surface area contributed by atoms with Gasteiger partial charge in [0.1, 0.15) is 19.4 Å². The molecule has 0 aliphatic carbocycles. The summed E-state index contributed by atoms with van der Waals surface area (Å²) < 4.78 is 23.4. The SMILES string of the molecule is CCCCCC/C=C\CCCCCCCC(=O)N1CCC[C@H]1OP(=O)(O)OCC[N+](C)(C)C. The second-order valence-corrected chi connectivity index (χ2v) is 11.6. The number of phosphoric ester groups is 1. The van der Waals surface area contributed by atoms with Gasteiger partial charge in [0.05, 0.1) is 21.1 Å². The Morgan fingerprint density at radius 1 is 1.03 bits per heavy atom. The smallest absolute Gasteiger partial charge is 0.329 e. The number of quaternary nitrogens is 1. The quantitative estimate of drug-likeness (QED) is 0.104. The number of likely N-dealkylation sites (tertiary alicyclic amines) is 1. The third-order valence-electron chi connectivity index (χ3n) is 5.94. The molecule has 0 aromatic rings. The fourth-order valence-electron chi connectivity index (χ4n) is 3.88. The predicted octanol–water partition coefficient (Wildman–Crippen LogP) is 6.03. The van der Waals surface area contributed by atoms with Gasteiger partial charge in [-0.2, -0.15) is 0 Å². The predicted molar refractivity (Wildman–Crippen MR) is 135 cm³/mol. The Bertz CT molecular complexity index is 606. The summed E-state index contributed by atoms with van der Waals surface area (Å²) in [5.74, 6) is 0.00913. The van der Waals surface area contributed by atoms with Crippen molar-refractivity contribution in [2.75, 3.05) is 40.8 Å². The Balaban J connectivity index is 2.15. The van der Waals surface area contributed by atoms with Crippen LogP contribution in [0.1, 0.15) is 96.8 Å². The number of carbonyl (C=O) groups is 1. The van der Waals surface area contributed by atoms with Gasteiger partial charge in [-0.1, -0.05) is 57.6 Å². The van der Waals surface area contributed by atoms with Crippen molar-refractivity contribution in [2.45, 2.75) is 103 Å². The molecule has 2 atom stereocenters. The molecule has 1 aliphatic rings. The average molecular weight is 490 g/mol. The van der Waals surface area contributed by atoms with Gasteiger partial charge in [-0.25, -0.2) is 4.57 Å². The van der Waals surface area contributed by atoms with Crippen LogP contribution < -0.4 is 0 Å². The lowest BCUT2D eigenvalue weighted by atomic mass is 10.1. The van der Waals surface area contributed by atoms with Gasteiger partial charge in [-0.3, -0.25) is 13.8 Å². The molecule has 1 fully saturated rings. The first-order valence-electron chi connectivity index (χ1n) is 13.1. The maximum absolute atomic E-state index is 12.6. The molecule has 1 saturated heterocycles. The van der Waals surface area contributed by atoms with E-state index in [1.54, 1.807) is 4.90 Å². The van der Waals surface area contributed by atoms with E-state index in [1.165, 1.54) is 44.9 Å². The van der Waals surface area contributed by atoms with E-state index in [0.29, 0.717) is 30.4 Å². The molecule has 0 radical (unpaired) electrons. The van der Waals surface area contributed by atoms with Gasteiger partial charge in [0.15, 0.2) is 0 Å². The second kappa shape index (κ2) is 16.8. The molecule has 1 heterocycles. The number of amides is 1. The number of hydrogen-bond acceptors (Lipinski definition) is 4. The van der Waals surface area contributed by atoms with E-state index in [4.69, 9.17) is 9.05 Å². The maximum Gasteiger partial charge on any atom is 0.474 e. The summed E-state index contributed by atoms with van der Waals surface area (Å²) >= 11 is 0. The summed E-state index contributed by atoms with van der Waals surface area (Å²) in [6, 6.07) is 0. The summed E-state index contributed by atoms with van der Waals surface area (Å²) in [6.45, 7) is 3.54. The number of carbonyl (C=O) groups excluding carboxylic acids is 1. The lowest BCUT2D eigenvalue weighted by Crippen LogP contribution is -2.38. The van der Waals surface area contributed by atoms with Gasteiger partial charge in [0.2, 0.25) is 5.91 Å². The zero-order valence-electron chi connectivity index (χ0n) is 21.7. The van der Waals surface area contributed by atoms with Crippen LogP contribution in [0.5, 0.6) is 0 Å². The molecule has 1 N–H and O–H groups in total. The van der Waals surface area contributed by atoms with Crippen LogP contribution in [0, 0.1) is 0 Å². The van der Waals surface area contributed by atoms with E-state index in [9.17, 15) is 14.3 Å². The van der Waals surface area contributed by atoms with E-state index in [0.717, 1.165) is 32.1 Å². The molecule has 0 spiro atoms. The molecule has 1 rings (SSSR count). The van der Waals surface area contributed by atoms with Crippen LogP contribution in [-0.2, 0) is 18.4 Å². The first-order valence-corrected chi connectivity index (χ1v) is 14.5. The Hall–Kier alpha value is -0.720. The van der Waals surface area contributed by atoms with Crippen molar-refractivity contribution in [1.29, 1.82) is 0 Å². The Morgan fingerprint density at radius 3 is 2.27 bits per heavy atom. The number of hydrogen-bond donors (Lipinski definition) is 1. The van der Waals surface area contributed by atoms with Crippen molar-refractivity contribution in [3.63, 3.8) is 0 Å². The summed E-state index contributed by atoms with van der Waals surface area (Å²) in [7, 11) is 1.78. The second-order valence-electron chi connectivity index (χ2n) is 10.2. The Kier molecular flexibility index (Phi) is 15.5. The first-order chi connectivity index (χ1) is 15.6. The zero-order valence-corrected chi connectivity index (χ0v) is 22.6. The van der Waals surface area contributed by atoms with Gasteiger partial charge in [0.25, 0.3) is 0 Å². The van der Waals surface area contributed by atoms with Crippen molar-refractivity contribution in [3.05, 3.63) is 12.2 Å². The highest BCUT2D eigenvalue weighted by molar-refractivity contribution is 7.47. The molecule has 0 bridgehead atoms. The third-order valence-corrected chi connectivity index (χ3v) is 6.96. The zero-order chi connectivity index (χ0) is 24.6. The number of rotatable bonds is 19. The van der Waals surface area contributed by atoms with Crippen molar-refractivity contribution in [3.8, 4) is 0 Å². The minimum atomic E-state index is -4.17. The summed E-state index contributed by atoms with van der Waals surface area (Å²) in [4.78, 5) is 24.3. The van der Waals surface area contributed by atoms with Crippen molar-refractivity contribution >= 4 is 13.7 Å². The fraction of sp³-hybridized carbons (Fsp3) is 0.880. The highest BCUT2D eigenvalue weighted by atomic mass is 31.2. The topological polar surface area (TPSA) is 76.1 Å². The van der Waals surface area contributed by atoms with Crippen molar-refractivity contribution in [2.24, 2.45) is 0 Å². The van der Waals surface area contributed by atoms with Crippen LogP contribution in [0.25, 0.3) is 0 Å². The summed E-state index contributed by atoms with van der Waals surface area (Å²) in [6.07, 6.45) is 18.9. The number of unbranched alkanes of at least 4 members (excludes halogenated alkanes) is 9. The van der Waals surface area contributed by atoms with Gasteiger partial charge >= 0.3 is 7.82 Å². The van der Waals surface area contributed by atoms with Crippen LogP contribution in [-0.4, -0.2) is 67.3 Å². The monoisotopic (exact) mass is 489 g/mol. The average Bonchev–Trinajstić information content (AvgIpc) is 3.17. The van der Waals surface area contributed by atoms with Gasteiger partial charge in [-0.15, -0.1) is 0 Å². The molecular weight excluding hydrogens is 439 g/mol. The summed E-state index contributed by atoms with van der Waals surface area (Å²) in [5, 5.41) is 0. The molecule has 8 heteroatoms. The molecule has 0 aromatic carbocycles. The van der Waals surface area contributed by atoms with Crippen molar-refractivity contribution in [1.82, 2.24) is 4.90 Å². The van der Waals surface area contributed by atoms with E-state index in [2.05, 4.69) is 19.1 Å². The number of likely N-dealkylation sites (N-methyl/N-ethyl adjacent to an activating group) is 1. The summed E-state index contributed by atoms with van der Waals surface area (Å²) in [5.41, 5.74) is 0. The van der Waals surface area contributed by atoms with Gasteiger partial charge in [0, 0.05) is 13.0 Å². The fourth-order valence-corrected chi connectivity index (χ4v) is 4.78. The lowest BCUT2D eigenvalue weighted by Gasteiger charge is -2.27. The maximum atomic E-state index is 12.6. The molecule has 1 amide bonds. The minimum Gasteiger partial charge on any atom is -0.329 e. The van der Waals surface area contributed by atoms with E-state index in [1.807, 2.05) is 21.1 Å². The Morgan fingerprint density at radius 2 is 1.64 bits per heavy atom. The van der Waals surface area contributed by atoms with Crippen LogP contribution in [0.15, 0.2) is 12.2 Å². The molecule has 194 valence electrons. The van der Waals surface area contributed by atoms with Crippen LogP contribution >= 0.6 is 7.82 Å². The normalized spacial score (nSPS) is 18.8. The molecular formula is C25H50N2O5P+. The van der Waals surface area contributed by atoms with E-state index >= 15 is 0 Å². The largest absolute Gasteiger partial charge is 0.474 e. The standard InChI is InChI=1S/C25H49N2O5P/c1-5-6-7-8-9-10-11-12-13-14-15-16-17-19-24(28)26-21-18-20-25(26)32-33(29,30)31-23-22-27(2,3)4/h10-11,25H,5-9,12-23H2,1-4H3/p+1/b11-10-/t25-/m1/s1. The van der Waals surface area contributed by atoms with E-state index in [-0.39, 0.29) is 12.5 Å². The van der Waals surface area contributed by atoms with Crippen LogP contribution in [0.3, 0.4) is 0 Å². The number of nitrogens with zero attached hydrogens (tertiary/aromatic N) is 2. The van der Waals surface area contributed by atoms with Crippen LogP contribution in [0.2, 0.25) is 0 Å².